The molecule has 0 unspecified atom stereocenters. The van der Waals surface area contributed by atoms with Crippen LogP contribution >= 0.6 is 0 Å². The number of piperidine rings is 1. The maximum Gasteiger partial charge on any atom is 0.227 e. The van der Waals surface area contributed by atoms with E-state index >= 15 is 0 Å². The SMILES string of the molecule is O=C1C[C@H](C(=O)N2CCC(Cn3cc(Cc4ccccc4)nn3)CC2)CN1. The highest BCUT2D eigenvalue weighted by atomic mass is 16.2. The van der Waals surface area contributed by atoms with Crippen molar-refractivity contribution in [1.29, 1.82) is 0 Å². The highest BCUT2D eigenvalue weighted by molar-refractivity contribution is 5.89. The van der Waals surface area contributed by atoms with Crippen LogP contribution in [-0.2, 0) is 22.6 Å². The largest absolute Gasteiger partial charge is 0.355 e. The summed E-state index contributed by atoms with van der Waals surface area (Å²) in [6, 6.07) is 10.3. The number of likely N-dealkylation sites (tertiary alicyclic amines) is 1. The minimum absolute atomic E-state index is 0.0132. The lowest BCUT2D eigenvalue weighted by molar-refractivity contribution is -0.137. The molecule has 142 valence electrons. The number of hydrogen-bond donors (Lipinski definition) is 1. The first-order valence-corrected chi connectivity index (χ1v) is 9.66. The number of aromatic nitrogens is 3. The molecule has 0 bridgehead atoms. The fourth-order valence-corrected chi connectivity index (χ4v) is 3.95. The zero-order valence-electron chi connectivity index (χ0n) is 15.4. The van der Waals surface area contributed by atoms with Gasteiger partial charge in [0.15, 0.2) is 0 Å². The van der Waals surface area contributed by atoms with Crippen LogP contribution in [0.5, 0.6) is 0 Å². The molecule has 0 aliphatic carbocycles. The van der Waals surface area contributed by atoms with Crippen molar-refractivity contribution < 1.29 is 9.59 Å². The minimum Gasteiger partial charge on any atom is -0.355 e. The van der Waals surface area contributed by atoms with E-state index in [1.807, 2.05) is 34.0 Å². The van der Waals surface area contributed by atoms with Crippen LogP contribution in [0.4, 0.5) is 0 Å². The van der Waals surface area contributed by atoms with E-state index in [-0.39, 0.29) is 17.7 Å². The topological polar surface area (TPSA) is 80.1 Å². The first kappa shape index (κ1) is 17.7. The summed E-state index contributed by atoms with van der Waals surface area (Å²) in [5.41, 5.74) is 2.21. The minimum atomic E-state index is -0.176. The van der Waals surface area contributed by atoms with Gasteiger partial charge in [-0.2, -0.15) is 0 Å². The van der Waals surface area contributed by atoms with E-state index in [2.05, 4.69) is 27.8 Å². The second-order valence-corrected chi connectivity index (χ2v) is 7.57. The van der Waals surface area contributed by atoms with Crippen LogP contribution in [0, 0.1) is 11.8 Å². The van der Waals surface area contributed by atoms with Gasteiger partial charge >= 0.3 is 0 Å². The Bertz CT molecular complexity index is 796. The van der Waals surface area contributed by atoms with E-state index in [9.17, 15) is 9.59 Å². The van der Waals surface area contributed by atoms with Crippen molar-refractivity contribution in [2.45, 2.75) is 32.2 Å². The van der Waals surface area contributed by atoms with Gasteiger partial charge in [-0.05, 0) is 24.3 Å². The van der Waals surface area contributed by atoms with Crippen molar-refractivity contribution in [2.75, 3.05) is 19.6 Å². The van der Waals surface area contributed by atoms with Crippen LogP contribution in [0.25, 0.3) is 0 Å². The molecule has 2 amide bonds. The van der Waals surface area contributed by atoms with Crippen molar-refractivity contribution >= 4 is 11.8 Å². The molecule has 1 aromatic carbocycles. The highest BCUT2D eigenvalue weighted by Crippen LogP contribution is 2.22. The molecule has 1 atom stereocenters. The summed E-state index contributed by atoms with van der Waals surface area (Å²) < 4.78 is 1.93. The second-order valence-electron chi connectivity index (χ2n) is 7.57. The first-order chi connectivity index (χ1) is 13.2. The molecule has 4 rings (SSSR count). The maximum absolute atomic E-state index is 12.5. The molecule has 27 heavy (non-hydrogen) atoms. The number of hydrogen-bond acceptors (Lipinski definition) is 4. The van der Waals surface area contributed by atoms with Gasteiger partial charge in [0.05, 0.1) is 11.6 Å². The van der Waals surface area contributed by atoms with Crippen LogP contribution in [0.1, 0.15) is 30.5 Å². The third-order valence-electron chi connectivity index (χ3n) is 5.51. The molecule has 0 radical (unpaired) electrons. The van der Waals surface area contributed by atoms with Gasteiger partial charge in [-0.25, -0.2) is 0 Å². The van der Waals surface area contributed by atoms with Crippen LogP contribution < -0.4 is 5.32 Å². The fourth-order valence-electron chi connectivity index (χ4n) is 3.95. The van der Waals surface area contributed by atoms with Crippen molar-refractivity contribution in [1.82, 2.24) is 25.2 Å². The van der Waals surface area contributed by atoms with Gasteiger partial charge in [-0.15, -0.1) is 5.10 Å². The normalized spacial score (nSPS) is 20.7. The van der Waals surface area contributed by atoms with Gasteiger partial charge in [0.1, 0.15) is 0 Å². The molecule has 2 saturated heterocycles. The number of rotatable bonds is 5. The number of nitrogens with zero attached hydrogens (tertiary/aromatic N) is 4. The van der Waals surface area contributed by atoms with Gasteiger partial charge in [0, 0.05) is 45.2 Å². The van der Waals surface area contributed by atoms with E-state index in [1.54, 1.807) is 0 Å². The zero-order chi connectivity index (χ0) is 18.6. The predicted molar refractivity (Wildman–Crippen MR) is 99.7 cm³/mol. The van der Waals surface area contributed by atoms with Crippen molar-refractivity contribution in [3.8, 4) is 0 Å². The Kier molecular flexibility index (Phi) is 5.18. The van der Waals surface area contributed by atoms with E-state index < -0.39 is 0 Å². The molecule has 0 saturated carbocycles. The van der Waals surface area contributed by atoms with E-state index in [0.29, 0.717) is 18.9 Å². The van der Waals surface area contributed by atoms with Crippen LogP contribution in [0.15, 0.2) is 36.5 Å². The molecular formula is C20H25N5O2. The quantitative estimate of drug-likeness (QED) is 0.862. The lowest BCUT2D eigenvalue weighted by Crippen LogP contribution is -2.43. The molecule has 1 N–H and O–H groups in total. The lowest BCUT2D eigenvalue weighted by Gasteiger charge is -2.33. The van der Waals surface area contributed by atoms with Crippen molar-refractivity contribution in [2.24, 2.45) is 11.8 Å². The smallest absolute Gasteiger partial charge is 0.227 e. The molecule has 3 heterocycles. The number of benzene rings is 1. The Balaban J connectivity index is 1.26. The zero-order valence-corrected chi connectivity index (χ0v) is 15.4. The summed E-state index contributed by atoms with van der Waals surface area (Å²) in [6.45, 7) is 2.85. The first-order valence-electron chi connectivity index (χ1n) is 9.66. The Morgan fingerprint density at radius 3 is 2.67 bits per heavy atom. The number of amides is 2. The van der Waals surface area contributed by atoms with Gasteiger partial charge in [0.2, 0.25) is 11.8 Å². The Morgan fingerprint density at radius 2 is 1.96 bits per heavy atom. The molecule has 2 aliphatic rings. The van der Waals surface area contributed by atoms with E-state index in [0.717, 1.165) is 44.6 Å². The summed E-state index contributed by atoms with van der Waals surface area (Å²) in [5.74, 6) is 0.437. The Labute approximate surface area is 158 Å². The molecule has 1 aromatic heterocycles. The number of carbonyl (C=O) groups is 2. The molecule has 7 nitrogen and oxygen atoms in total. The van der Waals surface area contributed by atoms with Gasteiger partial charge in [-0.1, -0.05) is 35.5 Å². The monoisotopic (exact) mass is 367 g/mol. The van der Waals surface area contributed by atoms with Gasteiger partial charge in [0.25, 0.3) is 0 Å². The molecule has 0 spiro atoms. The van der Waals surface area contributed by atoms with Gasteiger partial charge in [-0.3, -0.25) is 14.3 Å². The van der Waals surface area contributed by atoms with Crippen LogP contribution in [0.3, 0.4) is 0 Å². The molecule has 7 heteroatoms. The summed E-state index contributed by atoms with van der Waals surface area (Å²) in [5, 5.41) is 11.3. The molecule has 2 aromatic rings. The Morgan fingerprint density at radius 1 is 1.19 bits per heavy atom. The standard InChI is InChI=1S/C20H25N5O2/c26-19-11-17(12-21-19)20(27)24-8-6-16(7-9-24)13-25-14-18(22-23-25)10-15-4-2-1-3-5-15/h1-5,14,16-17H,6-13H2,(H,21,26)/t17-/m0/s1. The average molecular weight is 367 g/mol. The Hall–Kier alpha value is -2.70. The molecular weight excluding hydrogens is 342 g/mol. The fraction of sp³-hybridized carbons (Fsp3) is 0.500. The van der Waals surface area contributed by atoms with Gasteiger partial charge < -0.3 is 10.2 Å². The summed E-state index contributed by atoms with van der Waals surface area (Å²) >= 11 is 0. The van der Waals surface area contributed by atoms with Crippen molar-refractivity contribution in [3.05, 3.63) is 47.8 Å². The second kappa shape index (κ2) is 7.90. The predicted octanol–water partition coefficient (Wildman–Crippen LogP) is 1.24. The lowest BCUT2D eigenvalue weighted by atomic mass is 9.95. The van der Waals surface area contributed by atoms with E-state index in [4.69, 9.17) is 0 Å². The summed E-state index contributed by atoms with van der Waals surface area (Å²) in [7, 11) is 0. The number of carbonyl (C=O) groups excluding carboxylic acids is 2. The third kappa shape index (κ3) is 4.35. The van der Waals surface area contributed by atoms with Crippen LogP contribution in [0.2, 0.25) is 0 Å². The summed E-state index contributed by atoms with van der Waals surface area (Å²) in [6.07, 6.45) is 5.09. The summed E-state index contributed by atoms with van der Waals surface area (Å²) in [4.78, 5) is 25.7. The molecule has 2 fully saturated rings. The third-order valence-corrected chi connectivity index (χ3v) is 5.51. The van der Waals surface area contributed by atoms with Crippen LogP contribution in [-0.4, -0.2) is 51.3 Å². The number of nitrogens with one attached hydrogen (secondary N) is 1. The van der Waals surface area contributed by atoms with Crippen molar-refractivity contribution in [3.63, 3.8) is 0 Å². The maximum atomic E-state index is 12.5. The average Bonchev–Trinajstić information content (AvgIpc) is 3.31. The van der Waals surface area contributed by atoms with E-state index in [1.165, 1.54) is 5.56 Å². The molecule has 2 aliphatic heterocycles. The highest BCUT2D eigenvalue weighted by Gasteiger charge is 2.33.